The molecule has 1 aromatic carbocycles. The fourth-order valence-electron chi connectivity index (χ4n) is 1.80. The van der Waals surface area contributed by atoms with Crippen molar-refractivity contribution in [2.24, 2.45) is 5.73 Å². The molecule has 0 spiro atoms. The molecule has 0 aliphatic heterocycles. The highest BCUT2D eigenvalue weighted by Crippen LogP contribution is 2.31. The molecule has 18 heavy (non-hydrogen) atoms. The van der Waals surface area contributed by atoms with E-state index in [9.17, 15) is 0 Å². The number of pyridine rings is 1. The van der Waals surface area contributed by atoms with E-state index in [2.05, 4.69) is 46.0 Å². The van der Waals surface area contributed by atoms with Gasteiger partial charge < -0.3 is 5.73 Å². The maximum atomic E-state index is 5.82. The largest absolute Gasteiger partial charge is 0.326 e. The molecule has 0 atom stereocenters. The molecule has 0 fully saturated rings. The van der Waals surface area contributed by atoms with Gasteiger partial charge in [-0.25, -0.2) is 4.98 Å². The molecule has 0 aliphatic carbocycles. The van der Waals surface area contributed by atoms with Crippen LogP contribution in [0.25, 0.3) is 0 Å². The summed E-state index contributed by atoms with van der Waals surface area (Å²) in [5.41, 5.74) is 9.19. The van der Waals surface area contributed by atoms with Crippen LogP contribution in [0.1, 0.15) is 16.8 Å². The van der Waals surface area contributed by atoms with E-state index in [-0.39, 0.29) is 0 Å². The van der Waals surface area contributed by atoms with Gasteiger partial charge in [-0.05, 0) is 43.7 Å². The van der Waals surface area contributed by atoms with Crippen LogP contribution < -0.4 is 5.73 Å². The summed E-state index contributed by atoms with van der Waals surface area (Å²) in [5.74, 6) is 0. The zero-order valence-corrected chi connectivity index (χ0v) is 12.8. The lowest BCUT2D eigenvalue weighted by atomic mass is 10.1. The van der Waals surface area contributed by atoms with Crippen LogP contribution in [0.5, 0.6) is 0 Å². The van der Waals surface area contributed by atoms with Crippen LogP contribution in [0.3, 0.4) is 0 Å². The molecule has 0 amide bonds. The molecule has 1 aromatic heterocycles. The van der Waals surface area contributed by atoms with Crippen molar-refractivity contribution in [3.63, 3.8) is 0 Å². The summed E-state index contributed by atoms with van der Waals surface area (Å²) >= 11 is 5.14. The van der Waals surface area contributed by atoms with E-state index >= 15 is 0 Å². The van der Waals surface area contributed by atoms with Crippen molar-refractivity contribution < 1.29 is 0 Å². The normalized spacial score (nSPS) is 10.7. The molecule has 1 heterocycles. The van der Waals surface area contributed by atoms with Crippen molar-refractivity contribution in [3.05, 3.63) is 51.6 Å². The van der Waals surface area contributed by atoms with Gasteiger partial charge in [-0.15, -0.1) is 0 Å². The second-order valence-corrected chi connectivity index (χ2v) is 6.11. The Kier molecular flexibility index (Phi) is 4.43. The number of aryl methyl sites for hydroxylation is 2. The molecule has 2 N–H and O–H groups in total. The number of halogens is 1. The lowest BCUT2D eigenvalue weighted by molar-refractivity contribution is 0.922. The van der Waals surface area contributed by atoms with Crippen molar-refractivity contribution in [3.8, 4) is 0 Å². The zero-order chi connectivity index (χ0) is 13.1. The Bertz CT molecular complexity index is 570. The summed E-state index contributed by atoms with van der Waals surface area (Å²) in [5, 5.41) is 1.01. The van der Waals surface area contributed by atoms with Crippen LogP contribution in [0.4, 0.5) is 0 Å². The topological polar surface area (TPSA) is 38.9 Å². The molecule has 0 radical (unpaired) electrons. The van der Waals surface area contributed by atoms with Gasteiger partial charge in [0.15, 0.2) is 0 Å². The molecular formula is C14H15BrN2S. The van der Waals surface area contributed by atoms with Crippen molar-refractivity contribution in [2.75, 3.05) is 0 Å². The van der Waals surface area contributed by atoms with Gasteiger partial charge in [0.1, 0.15) is 5.03 Å². The van der Waals surface area contributed by atoms with Crippen molar-refractivity contribution in [1.29, 1.82) is 0 Å². The summed E-state index contributed by atoms with van der Waals surface area (Å²) in [4.78, 5) is 5.76. The molecule has 2 rings (SSSR count). The highest BCUT2D eigenvalue weighted by molar-refractivity contribution is 9.10. The van der Waals surface area contributed by atoms with Gasteiger partial charge in [-0.2, -0.15) is 0 Å². The lowest BCUT2D eigenvalue weighted by Gasteiger charge is -2.11. The molecule has 4 heteroatoms. The Morgan fingerprint density at radius 1 is 1.28 bits per heavy atom. The molecule has 0 saturated heterocycles. The first-order chi connectivity index (χ1) is 8.60. The van der Waals surface area contributed by atoms with E-state index in [1.165, 1.54) is 5.56 Å². The molecule has 0 unspecified atom stereocenters. The smallest absolute Gasteiger partial charge is 0.106 e. The van der Waals surface area contributed by atoms with E-state index in [1.807, 2.05) is 19.1 Å². The maximum Gasteiger partial charge on any atom is 0.106 e. The quantitative estimate of drug-likeness (QED) is 0.925. The van der Waals surface area contributed by atoms with E-state index < -0.39 is 0 Å². The van der Waals surface area contributed by atoms with Crippen LogP contribution in [0.2, 0.25) is 0 Å². The minimum absolute atomic E-state index is 0.523. The first-order valence-electron chi connectivity index (χ1n) is 5.70. The van der Waals surface area contributed by atoms with Gasteiger partial charge in [-0.1, -0.05) is 33.8 Å². The third kappa shape index (κ3) is 3.13. The van der Waals surface area contributed by atoms with E-state index in [4.69, 9.17) is 5.73 Å². The van der Waals surface area contributed by atoms with Gasteiger partial charge in [-0.3, -0.25) is 0 Å². The Morgan fingerprint density at radius 3 is 2.72 bits per heavy atom. The monoisotopic (exact) mass is 322 g/mol. The zero-order valence-electron chi connectivity index (χ0n) is 10.4. The van der Waals surface area contributed by atoms with E-state index in [1.54, 1.807) is 11.8 Å². The van der Waals surface area contributed by atoms with Crippen LogP contribution in [-0.2, 0) is 6.54 Å². The Balaban J connectivity index is 2.39. The third-order valence-electron chi connectivity index (χ3n) is 2.65. The molecule has 94 valence electrons. The summed E-state index contributed by atoms with van der Waals surface area (Å²) in [6.45, 7) is 4.62. The van der Waals surface area contributed by atoms with E-state index in [0.29, 0.717) is 6.54 Å². The van der Waals surface area contributed by atoms with Crippen molar-refractivity contribution in [1.82, 2.24) is 4.98 Å². The van der Waals surface area contributed by atoms with Crippen molar-refractivity contribution in [2.45, 2.75) is 30.3 Å². The number of aromatic nitrogens is 1. The van der Waals surface area contributed by atoms with Gasteiger partial charge in [0.2, 0.25) is 0 Å². The predicted molar refractivity (Wildman–Crippen MR) is 79.9 cm³/mol. The maximum absolute atomic E-state index is 5.82. The molecule has 0 aliphatic rings. The minimum Gasteiger partial charge on any atom is -0.326 e. The van der Waals surface area contributed by atoms with E-state index in [0.717, 1.165) is 25.7 Å². The molecular weight excluding hydrogens is 308 g/mol. The van der Waals surface area contributed by atoms with Crippen LogP contribution in [0.15, 0.2) is 44.7 Å². The second kappa shape index (κ2) is 5.87. The summed E-state index contributed by atoms with van der Waals surface area (Å²) in [7, 11) is 0. The summed E-state index contributed by atoms with van der Waals surface area (Å²) in [6.07, 6.45) is 0. The number of benzene rings is 1. The third-order valence-corrected chi connectivity index (χ3v) is 4.17. The first-order valence-corrected chi connectivity index (χ1v) is 7.31. The summed E-state index contributed by atoms with van der Waals surface area (Å²) in [6, 6.07) is 10.3. The Morgan fingerprint density at radius 2 is 2.06 bits per heavy atom. The molecule has 2 nitrogen and oxygen atoms in total. The van der Waals surface area contributed by atoms with Gasteiger partial charge in [0, 0.05) is 27.2 Å². The molecule has 2 aromatic rings. The number of nitrogens with zero attached hydrogens (tertiary/aromatic N) is 1. The van der Waals surface area contributed by atoms with Gasteiger partial charge in [0.25, 0.3) is 0 Å². The fourth-order valence-corrected chi connectivity index (χ4v) is 3.47. The first kappa shape index (κ1) is 13.6. The Labute approximate surface area is 120 Å². The number of rotatable bonds is 3. The average molecular weight is 323 g/mol. The van der Waals surface area contributed by atoms with Crippen LogP contribution >= 0.6 is 27.7 Å². The van der Waals surface area contributed by atoms with Crippen LogP contribution in [0, 0.1) is 13.8 Å². The standard InChI is InChI=1S/C14H15BrN2S/c1-9-6-10(2)17-14(13(9)8-16)18-12-5-3-4-11(15)7-12/h3-7H,8,16H2,1-2H3. The lowest BCUT2D eigenvalue weighted by Crippen LogP contribution is -2.04. The highest BCUT2D eigenvalue weighted by Gasteiger charge is 2.09. The number of hydrogen-bond acceptors (Lipinski definition) is 3. The van der Waals surface area contributed by atoms with Crippen LogP contribution in [-0.4, -0.2) is 4.98 Å². The molecule has 0 saturated carbocycles. The van der Waals surface area contributed by atoms with Crippen molar-refractivity contribution >= 4 is 27.7 Å². The summed E-state index contributed by atoms with van der Waals surface area (Å²) < 4.78 is 1.08. The number of nitrogens with two attached hydrogens (primary N) is 1. The highest BCUT2D eigenvalue weighted by atomic mass is 79.9. The SMILES string of the molecule is Cc1cc(C)c(CN)c(Sc2cccc(Br)c2)n1. The fraction of sp³-hybridized carbons (Fsp3) is 0.214. The number of hydrogen-bond donors (Lipinski definition) is 1. The van der Waals surface area contributed by atoms with Gasteiger partial charge in [0.05, 0.1) is 0 Å². The predicted octanol–water partition coefficient (Wildman–Crippen LogP) is 4.07. The average Bonchev–Trinajstić information content (AvgIpc) is 2.28. The minimum atomic E-state index is 0.523. The van der Waals surface area contributed by atoms with Gasteiger partial charge >= 0.3 is 0 Å². The second-order valence-electron chi connectivity index (χ2n) is 4.13. The Hall–Kier alpha value is -0.840. The molecule has 0 bridgehead atoms.